The largest absolute Gasteiger partial charge is 0.497 e. The first kappa shape index (κ1) is 23.7. The van der Waals surface area contributed by atoms with E-state index < -0.39 is 5.97 Å². The minimum Gasteiger partial charge on any atom is -0.497 e. The summed E-state index contributed by atoms with van der Waals surface area (Å²) in [6.07, 6.45) is 4.11. The van der Waals surface area contributed by atoms with E-state index in [1.165, 1.54) is 0 Å². The van der Waals surface area contributed by atoms with Crippen molar-refractivity contribution in [2.45, 2.75) is 33.2 Å². The van der Waals surface area contributed by atoms with Crippen molar-refractivity contribution in [1.82, 2.24) is 9.72 Å². The second kappa shape index (κ2) is 9.54. The van der Waals surface area contributed by atoms with Crippen LogP contribution in [0.5, 0.6) is 17.2 Å². The number of fused-ring (bicyclic) bond motifs is 2. The van der Waals surface area contributed by atoms with Crippen molar-refractivity contribution < 1.29 is 28.3 Å². The Kier molecular flexibility index (Phi) is 6.28. The second-order valence-corrected chi connectivity index (χ2v) is 8.74. The van der Waals surface area contributed by atoms with Crippen LogP contribution in [0.15, 0.2) is 52.9 Å². The van der Waals surface area contributed by atoms with Crippen LogP contribution in [0.1, 0.15) is 40.6 Å². The van der Waals surface area contributed by atoms with Crippen molar-refractivity contribution in [2.24, 2.45) is 0 Å². The Morgan fingerprint density at radius 3 is 2.78 bits per heavy atom. The van der Waals surface area contributed by atoms with Crippen molar-refractivity contribution in [2.75, 3.05) is 7.11 Å². The van der Waals surface area contributed by atoms with Gasteiger partial charge in [0, 0.05) is 47.3 Å². The average molecular weight is 507 g/mol. The van der Waals surface area contributed by atoms with Crippen LogP contribution in [-0.2, 0) is 17.8 Å². The molecule has 0 fully saturated rings. The van der Waals surface area contributed by atoms with E-state index in [4.69, 9.17) is 30.3 Å². The molecule has 4 aromatic rings. The van der Waals surface area contributed by atoms with Crippen LogP contribution in [0.2, 0.25) is 5.15 Å². The number of Topliss-reactive ketones (excluding diaryl/α,β-unsaturated/α-hetero) is 1. The van der Waals surface area contributed by atoms with Crippen LogP contribution in [0.3, 0.4) is 0 Å². The smallest absolute Gasteiger partial charge is 0.311 e. The fraction of sp³-hybridized carbons (Fsp3) is 0.222. The second-order valence-electron chi connectivity index (χ2n) is 8.35. The minimum absolute atomic E-state index is 0.0813. The van der Waals surface area contributed by atoms with Crippen molar-refractivity contribution >= 4 is 40.3 Å². The molecule has 36 heavy (non-hydrogen) atoms. The lowest BCUT2D eigenvalue weighted by Crippen LogP contribution is -2.10. The Bertz CT molecular complexity index is 1530. The Morgan fingerprint density at radius 1 is 1.22 bits per heavy atom. The van der Waals surface area contributed by atoms with Gasteiger partial charge in [0.2, 0.25) is 5.78 Å². The molecule has 2 aromatic carbocycles. The standard InChI is InChI=1S/C27H23ClN2O6/c1-4-30-14-16(20-12-17(33-3)5-8-21(20)30)11-23-26(32)19-7-9-22(15(2)27(19)35-23)34-25(31)10-6-18-13-24(28)29-36-18/h5,7-9,11-14H,4,6,10H2,1-3H3/b23-11-. The third-order valence-electron chi connectivity index (χ3n) is 6.11. The van der Waals surface area contributed by atoms with Crippen LogP contribution >= 0.6 is 11.6 Å². The maximum atomic E-state index is 13.1. The van der Waals surface area contributed by atoms with Gasteiger partial charge in [0.25, 0.3) is 0 Å². The van der Waals surface area contributed by atoms with E-state index in [-0.39, 0.29) is 23.1 Å². The summed E-state index contributed by atoms with van der Waals surface area (Å²) in [5.41, 5.74) is 2.87. The molecule has 2 aromatic heterocycles. The number of carbonyl (C=O) groups is 2. The highest BCUT2D eigenvalue weighted by Crippen LogP contribution is 2.40. The summed E-state index contributed by atoms with van der Waals surface area (Å²) < 4.78 is 24.0. The number of nitrogens with zero attached hydrogens (tertiary/aromatic N) is 2. The summed E-state index contributed by atoms with van der Waals surface area (Å²) in [7, 11) is 1.62. The Labute approximate surface area is 212 Å². The predicted molar refractivity (Wildman–Crippen MR) is 134 cm³/mol. The molecular formula is C27H23ClN2O6. The zero-order valence-electron chi connectivity index (χ0n) is 20.0. The molecule has 0 spiro atoms. The summed E-state index contributed by atoms with van der Waals surface area (Å²) in [5, 5.41) is 4.77. The molecule has 5 rings (SSSR count). The number of carbonyl (C=O) groups excluding carboxylic acids is 2. The molecular weight excluding hydrogens is 484 g/mol. The lowest BCUT2D eigenvalue weighted by Gasteiger charge is -2.09. The monoisotopic (exact) mass is 506 g/mol. The number of methoxy groups -OCH3 is 1. The van der Waals surface area contributed by atoms with Crippen LogP contribution in [0.4, 0.5) is 0 Å². The number of hydrogen-bond acceptors (Lipinski definition) is 7. The number of ether oxygens (including phenoxy) is 3. The molecule has 0 aliphatic carbocycles. The number of ketones is 1. The molecule has 8 nitrogen and oxygen atoms in total. The molecule has 0 saturated heterocycles. The van der Waals surface area contributed by atoms with E-state index in [1.54, 1.807) is 38.3 Å². The molecule has 3 heterocycles. The van der Waals surface area contributed by atoms with Gasteiger partial charge in [0.15, 0.2) is 10.9 Å². The van der Waals surface area contributed by atoms with E-state index >= 15 is 0 Å². The van der Waals surface area contributed by atoms with Crippen molar-refractivity contribution in [1.29, 1.82) is 0 Å². The van der Waals surface area contributed by atoms with Gasteiger partial charge >= 0.3 is 5.97 Å². The Balaban J connectivity index is 1.39. The maximum Gasteiger partial charge on any atom is 0.311 e. The zero-order valence-corrected chi connectivity index (χ0v) is 20.7. The van der Waals surface area contributed by atoms with E-state index in [0.29, 0.717) is 34.8 Å². The molecule has 184 valence electrons. The number of esters is 1. The number of halogens is 1. The summed E-state index contributed by atoms with van der Waals surface area (Å²) in [6, 6.07) is 10.6. The number of aryl methyl sites for hydroxylation is 2. The van der Waals surface area contributed by atoms with Crippen molar-refractivity contribution in [3.63, 3.8) is 0 Å². The highest BCUT2D eigenvalue weighted by Gasteiger charge is 2.31. The van der Waals surface area contributed by atoms with E-state index in [0.717, 1.165) is 28.8 Å². The highest BCUT2D eigenvalue weighted by atomic mass is 35.5. The van der Waals surface area contributed by atoms with Crippen molar-refractivity contribution in [3.05, 3.63) is 76.0 Å². The number of aromatic nitrogens is 2. The summed E-state index contributed by atoms with van der Waals surface area (Å²) in [6.45, 7) is 4.58. The fourth-order valence-corrected chi connectivity index (χ4v) is 4.39. The van der Waals surface area contributed by atoms with Gasteiger partial charge < -0.3 is 23.3 Å². The van der Waals surface area contributed by atoms with E-state index in [9.17, 15) is 9.59 Å². The van der Waals surface area contributed by atoms with Crippen LogP contribution in [0.25, 0.3) is 17.0 Å². The number of rotatable bonds is 7. The van der Waals surface area contributed by atoms with Gasteiger partial charge in [0.05, 0.1) is 19.1 Å². The third kappa shape index (κ3) is 4.35. The lowest BCUT2D eigenvalue weighted by molar-refractivity contribution is -0.134. The Morgan fingerprint density at radius 2 is 2.06 bits per heavy atom. The molecule has 1 aliphatic heterocycles. The van der Waals surface area contributed by atoms with Gasteiger partial charge in [-0.15, -0.1) is 0 Å². The SMILES string of the molecule is CCn1cc(/C=C2\Oc3c(ccc(OC(=O)CCc4cc(Cl)no4)c3C)C2=O)c2cc(OC)ccc21. The third-order valence-corrected chi connectivity index (χ3v) is 6.29. The Hall–Kier alpha value is -4.04. The van der Waals surface area contributed by atoms with Gasteiger partial charge in [0.1, 0.15) is 23.0 Å². The van der Waals surface area contributed by atoms with Gasteiger partial charge in [-0.25, -0.2) is 0 Å². The normalized spacial score (nSPS) is 13.8. The maximum absolute atomic E-state index is 13.1. The first-order valence-electron chi connectivity index (χ1n) is 11.4. The molecule has 0 saturated carbocycles. The number of allylic oxidation sites excluding steroid dienone is 1. The average Bonchev–Trinajstić information content (AvgIpc) is 3.55. The van der Waals surface area contributed by atoms with Crippen molar-refractivity contribution in [3.8, 4) is 17.2 Å². The van der Waals surface area contributed by atoms with E-state index in [2.05, 4.69) is 16.6 Å². The van der Waals surface area contributed by atoms with Crippen LogP contribution in [-0.4, -0.2) is 28.6 Å². The fourth-order valence-electron chi connectivity index (χ4n) is 4.23. The molecule has 1 aliphatic rings. The van der Waals surface area contributed by atoms with Gasteiger partial charge in [-0.2, -0.15) is 0 Å². The molecule has 0 unspecified atom stereocenters. The van der Waals surface area contributed by atoms with Crippen LogP contribution < -0.4 is 14.2 Å². The predicted octanol–water partition coefficient (Wildman–Crippen LogP) is 5.77. The first-order chi connectivity index (χ1) is 17.4. The minimum atomic E-state index is -0.452. The quantitative estimate of drug-likeness (QED) is 0.178. The number of benzene rings is 2. The molecule has 9 heteroatoms. The molecule has 0 amide bonds. The van der Waals surface area contributed by atoms with Gasteiger partial charge in [-0.1, -0.05) is 16.8 Å². The molecule has 0 bridgehead atoms. The first-order valence-corrected chi connectivity index (χ1v) is 11.8. The molecule has 0 atom stereocenters. The van der Waals surface area contributed by atoms with Gasteiger partial charge in [-0.05, 0) is 50.3 Å². The zero-order chi connectivity index (χ0) is 25.4. The number of hydrogen-bond donors (Lipinski definition) is 0. The molecule has 0 radical (unpaired) electrons. The summed E-state index contributed by atoms with van der Waals surface area (Å²) >= 11 is 5.73. The van der Waals surface area contributed by atoms with E-state index in [1.807, 2.05) is 24.4 Å². The van der Waals surface area contributed by atoms with Crippen LogP contribution in [0, 0.1) is 6.92 Å². The highest BCUT2D eigenvalue weighted by molar-refractivity contribution is 6.29. The van der Waals surface area contributed by atoms with Gasteiger partial charge in [-0.3, -0.25) is 9.59 Å². The lowest BCUT2D eigenvalue weighted by atomic mass is 10.1. The summed E-state index contributed by atoms with van der Waals surface area (Å²) in [5.74, 6) is 1.46. The topological polar surface area (TPSA) is 92.8 Å². The summed E-state index contributed by atoms with van der Waals surface area (Å²) in [4.78, 5) is 25.5. The molecule has 0 N–H and O–H groups in total.